The first-order valence-corrected chi connectivity index (χ1v) is 14.2. The molecular weight excluding hydrogens is 561 g/mol. The summed E-state index contributed by atoms with van der Waals surface area (Å²) in [6.45, 7) is 0.646. The van der Waals surface area contributed by atoms with Gasteiger partial charge >= 0.3 is 0 Å². The normalized spacial score (nSPS) is 44.3. The molecule has 0 unspecified atom stereocenters. The molecule has 4 fully saturated rings. The van der Waals surface area contributed by atoms with E-state index in [2.05, 4.69) is 20.9 Å². The van der Waals surface area contributed by atoms with Crippen LogP contribution in [0.1, 0.15) is 26.2 Å². The van der Waals surface area contributed by atoms with Crippen LogP contribution >= 0.6 is 0 Å². The van der Waals surface area contributed by atoms with Crippen molar-refractivity contribution in [1.82, 2.24) is 16.0 Å². The van der Waals surface area contributed by atoms with Crippen LogP contribution in [0.25, 0.3) is 0 Å². The number of hydrogen-bond donors (Lipinski definition) is 10. The van der Waals surface area contributed by atoms with Crippen molar-refractivity contribution in [2.45, 2.75) is 105 Å². The molecule has 242 valence electrons. The molecule has 1 aliphatic carbocycles. The van der Waals surface area contributed by atoms with Crippen LogP contribution in [0.2, 0.25) is 0 Å². The third-order valence-electron chi connectivity index (χ3n) is 8.45. The number of aliphatic hydroxyl groups is 4. The van der Waals surface area contributed by atoms with E-state index >= 15 is 0 Å². The molecule has 4 rings (SSSR count). The number of nitrogens with zero attached hydrogens (tertiary/aromatic N) is 1. The lowest BCUT2D eigenvalue weighted by atomic mass is 9.82. The molecule has 0 aromatic heterocycles. The Hall–Kier alpha value is -1.61. The summed E-state index contributed by atoms with van der Waals surface area (Å²) in [6.07, 6.45) is -6.81. The number of nitrogens with one attached hydrogen (secondary N) is 3. The number of carbonyl (C=O) groups excluding carboxylic acids is 1. The fourth-order valence-corrected chi connectivity index (χ4v) is 5.84. The molecule has 0 radical (unpaired) electrons. The molecule has 0 aromatic carbocycles. The van der Waals surface area contributed by atoms with Gasteiger partial charge in [-0.2, -0.15) is 0 Å². The van der Waals surface area contributed by atoms with E-state index < -0.39 is 91.1 Å². The molecule has 42 heavy (non-hydrogen) atoms. The highest BCUT2D eigenvalue weighted by Gasteiger charge is 2.53. The van der Waals surface area contributed by atoms with Crippen LogP contribution in [0.3, 0.4) is 0 Å². The molecule has 1 saturated carbocycles. The van der Waals surface area contributed by atoms with Crippen molar-refractivity contribution < 1.29 is 48.6 Å². The lowest BCUT2D eigenvalue weighted by molar-refractivity contribution is -0.307. The smallest absolute Gasteiger partial charge is 0.254 e. The molecule has 3 aliphatic heterocycles. The first-order valence-electron chi connectivity index (χ1n) is 14.2. The number of hydrogen-bond acceptors (Lipinski definition) is 14. The average Bonchev–Trinajstić information content (AvgIpc) is 2.92. The fraction of sp³-hybridized carbons (Fsp3) is 0.920. The van der Waals surface area contributed by atoms with E-state index in [1.165, 1.54) is 6.92 Å². The van der Waals surface area contributed by atoms with Gasteiger partial charge in [0.25, 0.3) is 5.91 Å². The topological polar surface area (TPSA) is 261 Å². The maximum atomic E-state index is 12.9. The molecule has 1 amide bonds. The van der Waals surface area contributed by atoms with Gasteiger partial charge in [0.2, 0.25) is 0 Å². The Morgan fingerprint density at radius 1 is 1.12 bits per heavy atom. The maximum absolute atomic E-state index is 12.9. The van der Waals surface area contributed by atoms with Gasteiger partial charge in [0, 0.05) is 19.1 Å². The summed E-state index contributed by atoms with van der Waals surface area (Å²) < 4.78 is 36.5. The summed E-state index contributed by atoms with van der Waals surface area (Å²) in [7, 11) is 1.57. The molecular formula is C25H46FN7O9. The zero-order valence-corrected chi connectivity index (χ0v) is 23.9. The first kappa shape index (κ1) is 33.3. The van der Waals surface area contributed by atoms with Gasteiger partial charge in [-0.25, -0.2) is 4.39 Å². The molecule has 16 nitrogen and oxygen atoms in total. The Bertz CT molecular complexity index is 961. The molecule has 13 N–H and O–H groups in total. The largest absolute Gasteiger partial charge is 0.388 e. The molecule has 12 atom stereocenters. The third-order valence-corrected chi connectivity index (χ3v) is 8.45. The van der Waals surface area contributed by atoms with Crippen LogP contribution in [-0.4, -0.2) is 151 Å². The lowest BCUT2D eigenvalue weighted by Crippen LogP contribution is -2.72. The number of halogens is 1. The minimum Gasteiger partial charge on any atom is -0.388 e. The molecule has 0 bridgehead atoms. The van der Waals surface area contributed by atoms with Crippen molar-refractivity contribution in [2.24, 2.45) is 22.2 Å². The summed E-state index contributed by atoms with van der Waals surface area (Å²) in [5, 5.41) is 52.1. The van der Waals surface area contributed by atoms with E-state index in [9.17, 15) is 29.6 Å². The zero-order valence-electron chi connectivity index (χ0n) is 23.9. The van der Waals surface area contributed by atoms with Crippen LogP contribution in [0.5, 0.6) is 0 Å². The molecule has 3 saturated heterocycles. The predicted molar refractivity (Wildman–Crippen MR) is 146 cm³/mol. The third kappa shape index (κ3) is 7.19. The predicted octanol–water partition coefficient (Wildman–Crippen LogP) is -5.12. The number of likely N-dealkylation sites (N-methyl/N-ethyl adjacent to an activating group) is 1. The second kappa shape index (κ2) is 13.6. The second-order valence-electron chi connectivity index (χ2n) is 11.9. The number of amides is 1. The van der Waals surface area contributed by atoms with Gasteiger partial charge in [0.05, 0.1) is 37.4 Å². The number of alkyl halides is 1. The second-order valence-corrected chi connectivity index (χ2v) is 11.9. The molecule has 17 heteroatoms. The van der Waals surface area contributed by atoms with Crippen molar-refractivity contribution in [3.8, 4) is 0 Å². The highest BCUT2D eigenvalue weighted by molar-refractivity contribution is 5.87. The Labute approximate surface area is 243 Å². The van der Waals surface area contributed by atoms with Crippen LogP contribution in [0.4, 0.5) is 4.39 Å². The Balaban J connectivity index is 1.51. The van der Waals surface area contributed by atoms with Gasteiger partial charge in [-0.3, -0.25) is 9.79 Å². The van der Waals surface area contributed by atoms with E-state index in [1.54, 1.807) is 7.05 Å². The van der Waals surface area contributed by atoms with E-state index in [0.29, 0.717) is 12.8 Å². The Kier molecular flexibility index (Phi) is 10.8. The van der Waals surface area contributed by atoms with Crippen molar-refractivity contribution in [3.05, 3.63) is 0 Å². The number of nitrogens with two attached hydrogens (primary N) is 3. The fourth-order valence-electron chi connectivity index (χ4n) is 5.84. The van der Waals surface area contributed by atoms with Gasteiger partial charge in [0.1, 0.15) is 42.5 Å². The number of carbonyl (C=O) groups is 1. The molecule has 3 heterocycles. The van der Waals surface area contributed by atoms with Crippen LogP contribution in [-0.2, 0) is 23.7 Å². The number of aliphatic imine (C=N–C) groups is 1. The SMILES string of the molecule is CN[C@@H]1[C@@H](O)[C@@H](O[C@@H]2[C@@H](O)[C@H](O[C@H]3O[C@H](CN=C(N)CF)CC[C@H]3N)[C@@H](N)C[C@H]2NC(=O)C2(O)CNC2)OC[C@]1(C)O. The van der Waals surface area contributed by atoms with Crippen LogP contribution < -0.4 is 33.2 Å². The van der Waals surface area contributed by atoms with E-state index in [4.69, 9.17) is 36.1 Å². The first-order chi connectivity index (χ1) is 19.8. The summed E-state index contributed by atoms with van der Waals surface area (Å²) in [4.78, 5) is 16.9. The number of aliphatic hydroxyl groups excluding tert-OH is 2. The minimum absolute atomic E-state index is 0.0555. The average molecular weight is 608 g/mol. The van der Waals surface area contributed by atoms with Crippen molar-refractivity contribution in [3.63, 3.8) is 0 Å². The highest BCUT2D eigenvalue weighted by atomic mass is 19.1. The van der Waals surface area contributed by atoms with Crippen LogP contribution in [0, 0.1) is 0 Å². The van der Waals surface area contributed by atoms with Crippen LogP contribution in [0.15, 0.2) is 4.99 Å². The van der Waals surface area contributed by atoms with Crippen molar-refractivity contribution in [2.75, 3.05) is 40.0 Å². The summed E-state index contributed by atoms with van der Waals surface area (Å²) in [5.41, 5.74) is 15.1. The Morgan fingerprint density at radius 3 is 2.43 bits per heavy atom. The number of ether oxygens (including phenoxy) is 4. The molecule has 0 spiro atoms. The Morgan fingerprint density at radius 2 is 1.81 bits per heavy atom. The van der Waals surface area contributed by atoms with Gasteiger partial charge in [0.15, 0.2) is 18.2 Å². The van der Waals surface area contributed by atoms with Gasteiger partial charge in [-0.1, -0.05) is 0 Å². The van der Waals surface area contributed by atoms with Crippen molar-refractivity contribution in [1.29, 1.82) is 0 Å². The number of amidine groups is 1. The molecule has 0 aromatic rings. The molecule has 4 aliphatic rings. The summed E-state index contributed by atoms with van der Waals surface area (Å²) in [5.74, 6) is -0.825. The van der Waals surface area contributed by atoms with Gasteiger partial charge in [-0.05, 0) is 33.2 Å². The van der Waals surface area contributed by atoms with E-state index in [1.807, 2.05) is 0 Å². The summed E-state index contributed by atoms with van der Waals surface area (Å²) in [6, 6.07) is -3.15. The monoisotopic (exact) mass is 607 g/mol. The zero-order chi connectivity index (χ0) is 30.8. The lowest BCUT2D eigenvalue weighted by Gasteiger charge is -2.49. The van der Waals surface area contributed by atoms with Gasteiger partial charge < -0.3 is 72.5 Å². The maximum Gasteiger partial charge on any atom is 0.254 e. The summed E-state index contributed by atoms with van der Waals surface area (Å²) >= 11 is 0. The van der Waals surface area contributed by atoms with E-state index in [0.717, 1.165) is 0 Å². The van der Waals surface area contributed by atoms with E-state index in [-0.39, 0.29) is 38.5 Å². The number of rotatable bonds is 10. The highest BCUT2D eigenvalue weighted by Crippen LogP contribution is 2.32. The quantitative estimate of drug-likeness (QED) is 0.0823. The van der Waals surface area contributed by atoms with Crippen molar-refractivity contribution >= 4 is 11.7 Å². The number of β-amino-alcohol motifs (C(OH)–C–C–N with tert-alkyl or cyclic N) is 1. The van der Waals surface area contributed by atoms with Gasteiger partial charge in [-0.15, -0.1) is 0 Å². The standard InChI is InChI=1S/C25H46FN7O9/c1-24(37)10-39-22(17(35)20(24)30-2)42-19-14(33-23(36)25(38)8-31-9-25)5-13(28)18(16(19)34)41-21-12(27)4-3-11(40-21)7-32-15(29)6-26/h11-14,16-22,30-31,34-35,37-38H,3-10,27-28H2,1-2H3,(H2,29,32)(H,33,36)/t11-,12+,13-,14+,16-,17+,18+,19-,20+,21+,22+,24-/m0/s1. The minimum atomic E-state index is -1.63.